The van der Waals surface area contributed by atoms with E-state index in [1.165, 1.54) is 0 Å². The topological polar surface area (TPSA) is 75.2 Å². The molecule has 1 saturated carbocycles. The quantitative estimate of drug-likeness (QED) is 0.643. The zero-order valence-electron chi connectivity index (χ0n) is 10.8. The van der Waals surface area contributed by atoms with Crippen molar-refractivity contribution in [2.75, 3.05) is 18.5 Å². The first-order valence-electron chi connectivity index (χ1n) is 6.01. The van der Waals surface area contributed by atoms with Gasteiger partial charge in [-0.15, -0.1) is 0 Å². The van der Waals surface area contributed by atoms with Crippen molar-refractivity contribution in [2.45, 2.75) is 25.8 Å². The van der Waals surface area contributed by atoms with Crippen molar-refractivity contribution in [2.24, 2.45) is 0 Å². The molecule has 1 amide bonds. The summed E-state index contributed by atoms with van der Waals surface area (Å²) in [6.07, 6.45) is 2.67. The third-order valence-corrected chi connectivity index (χ3v) is 3.08. The van der Waals surface area contributed by atoms with E-state index >= 15 is 0 Å². The Labute approximate surface area is 116 Å². The summed E-state index contributed by atoms with van der Waals surface area (Å²) in [4.78, 5) is 32.5. The van der Waals surface area contributed by atoms with Gasteiger partial charge in [0.25, 0.3) is 0 Å². The standard InChI is InChI=1S/C12H15ClN4O2/c1-7-14-11(13)9(6-18)12(15-7)17(2)5-10(19)16-8-3-4-8/h6,8H,3-5H2,1-2H3,(H,16,19). The van der Waals surface area contributed by atoms with Gasteiger partial charge in [-0.1, -0.05) is 11.6 Å². The fourth-order valence-electron chi connectivity index (χ4n) is 1.72. The highest BCUT2D eigenvalue weighted by molar-refractivity contribution is 6.32. The predicted molar refractivity (Wildman–Crippen MR) is 71.6 cm³/mol. The van der Waals surface area contributed by atoms with Crippen LogP contribution in [0.1, 0.15) is 29.0 Å². The Morgan fingerprint density at radius 1 is 1.53 bits per heavy atom. The first-order chi connectivity index (χ1) is 9.01. The van der Waals surface area contributed by atoms with Gasteiger partial charge in [-0.25, -0.2) is 9.97 Å². The number of aldehydes is 1. The smallest absolute Gasteiger partial charge is 0.239 e. The van der Waals surface area contributed by atoms with Gasteiger partial charge in [-0.2, -0.15) is 0 Å². The SMILES string of the molecule is Cc1nc(Cl)c(C=O)c(N(C)CC(=O)NC2CC2)n1. The van der Waals surface area contributed by atoms with Crippen LogP contribution in [-0.2, 0) is 4.79 Å². The Kier molecular flexibility index (Phi) is 3.99. The molecule has 6 nitrogen and oxygen atoms in total. The Morgan fingerprint density at radius 3 is 2.79 bits per heavy atom. The van der Waals surface area contributed by atoms with E-state index in [4.69, 9.17) is 11.6 Å². The van der Waals surface area contributed by atoms with Gasteiger partial charge in [0.05, 0.1) is 12.1 Å². The zero-order valence-corrected chi connectivity index (χ0v) is 11.6. The van der Waals surface area contributed by atoms with E-state index in [1.807, 2.05) is 0 Å². The van der Waals surface area contributed by atoms with Crippen LogP contribution < -0.4 is 10.2 Å². The molecule has 1 aromatic heterocycles. The fourth-order valence-corrected chi connectivity index (χ4v) is 1.97. The number of nitrogens with zero attached hydrogens (tertiary/aromatic N) is 3. The lowest BCUT2D eigenvalue weighted by molar-refractivity contribution is -0.119. The summed E-state index contributed by atoms with van der Waals surface area (Å²) >= 11 is 5.90. The average molecular weight is 283 g/mol. The molecule has 102 valence electrons. The van der Waals surface area contributed by atoms with E-state index < -0.39 is 0 Å². The number of carbonyl (C=O) groups is 2. The number of amides is 1. The highest BCUT2D eigenvalue weighted by Crippen LogP contribution is 2.22. The maximum absolute atomic E-state index is 11.7. The molecule has 1 aliphatic carbocycles. The number of aromatic nitrogens is 2. The average Bonchev–Trinajstić information content (AvgIpc) is 3.11. The van der Waals surface area contributed by atoms with Crippen LogP contribution in [-0.4, -0.2) is 41.8 Å². The Bertz CT molecular complexity index is 517. The second-order valence-corrected chi connectivity index (χ2v) is 4.97. The summed E-state index contributed by atoms with van der Waals surface area (Å²) in [5.74, 6) is 0.743. The second kappa shape index (κ2) is 5.52. The summed E-state index contributed by atoms with van der Waals surface area (Å²) in [5.41, 5.74) is 0.203. The van der Waals surface area contributed by atoms with Crippen molar-refractivity contribution in [1.29, 1.82) is 0 Å². The number of hydrogen-bond donors (Lipinski definition) is 1. The Morgan fingerprint density at radius 2 is 2.21 bits per heavy atom. The number of likely N-dealkylation sites (N-methyl/N-ethyl adjacent to an activating group) is 1. The van der Waals surface area contributed by atoms with E-state index in [9.17, 15) is 9.59 Å². The van der Waals surface area contributed by atoms with Gasteiger partial charge in [-0.3, -0.25) is 9.59 Å². The number of hydrogen-bond acceptors (Lipinski definition) is 5. The molecule has 0 aromatic carbocycles. The van der Waals surface area contributed by atoms with E-state index in [-0.39, 0.29) is 23.2 Å². The van der Waals surface area contributed by atoms with Crippen LogP contribution in [0.4, 0.5) is 5.82 Å². The van der Waals surface area contributed by atoms with Gasteiger partial charge >= 0.3 is 0 Å². The maximum Gasteiger partial charge on any atom is 0.239 e. The van der Waals surface area contributed by atoms with Crippen LogP contribution in [0, 0.1) is 6.92 Å². The van der Waals surface area contributed by atoms with Gasteiger partial charge in [0.15, 0.2) is 6.29 Å². The van der Waals surface area contributed by atoms with Crippen molar-refractivity contribution in [1.82, 2.24) is 15.3 Å². The zero-order chi connectivity index (χ0) is 14.0. The summed E-state index contributed by atoms with van der Waals surface area (Å²) in [7, 11) is 1.69. The largest absolute Gasteiger partial charge is 0.352 e. The molecule has 2 rings (SSSR count). The lowest BCUT2D eigenvalue weighted by Gasteiger charge is -2.19. The summed E-state index contributed by atoms with van der Waals surface area (Å²) < 4.78 is 0. The number of anilines is 1. The molecule has 7 heteroatoms. The Balaban J connectivity index is 2.14. The molecule has 1 aliphatic rings. The minimum atomic E-state index is -0.0887. The molecule has 0 atom stereocenters. The van der Waals surface area contributed by atoms with Crippen LogP contribution in [0.15, 0.2) is 0 Å². The lowest BCUT2D eigenvalue weighted by atomic mass is 10.3. The fraction of sp³-hybridized carbons (Fsp3) is 0.500. The van der Waals surface area contributed by atoms with Crippen LogP contribution in [0.3, 0.4) is 0 Å². The first-order valence-corrected chi connectivity index (χ1v) is 6.39. The third-order valence-electron chi connectivity index (χ3n) is 2.79. The van der Waals surface area contributed by atoms with E-state index in [0.717, 1.165) is 12.8 Å². The predicted octanol–water partition coefficient (Wildman–Crippen LogP) is 0.966. The van der Waals surface area contributed by atoms with Crippen molar-refractivity contribution < 1.29 is 9.59 Å². The first kappa shape index (κ1) is 13.7. The van der Waals surface area contributed by atoms with Crippen molar-refractivity contribution in [3.63, 3.8) is 0 Å². The van der Waals surface area contributed by atoms with Crippen LogP contribution in [0.25, 0.3) is 0 Å². The van der Waals surface area contributed by atoms with Crippen molar-refractivity contribution in [3.8, 4) is 0 Å². The molecule has 1 N–H and O–H groups in total. The molecule has 0 aliphatic heterocycles. The second-order valence-electron chi connectivity index (χ2n) is 4.61. The molecule has 0 radical (unpaired) electrons. The highest BCUT2D eigenvalue weighted by Gasteiger charge is 2.24. The highest BCUT2D eigenvalue weighted by atomic mass is 35.5. The van der Waals surface area contributed by atoms with Crippen molar-refractivity contribution in [3.05, 3.63) is 16.5 Å². The van der Waals surface area contributed by atoms with Crippen LogP contribution in [0.2, 0.25) is 5.15 Å². The van der Waals surface area contributed by atoms with Gasteiger partial charge in [0, 0.05) is 13.1 Å². The van der Waals surface area contributed by atoms with E-state index in [0.29, 0.717) is 24.0 Å². The molecule has 1 heterocycles. The van der Waals surface area contributed by atoms with Crippen LogP contribution in [0.5, 0.6) is 0 Å². The number of nitrogens with one attached hydrogen (secondary N) is 1. The van der Waals surface area contributed by atoms with Crippen LogP contribution >= 0.6 is 11.6 Å². The Hall–Kier alpha value is -1.69. The molecular formula is C12H15ClN4O2. The van der Waals surface area contributed by atoms with Gasteiger partial charge < -0.3 is 10.2 Å². The molecule has 0 bridgehead atoms. The molecule has 0 unspecified atom stereocenters. The molecule has 0 saturated heterocycles. The number of carbonyl (C=O) groups excluding carboxylic acids is 2. The van der Waals surface area contributed by atoms with E-state index in [1.54, 1.807) is 18.9 Å². The normalized spacial score (nSPS) is 14.1. The third kappa shape index (κ3) is 3.41. The summed E-state index contributed by atoms with van der Waals surface area (Å²) in [6.45, 7) is 1.81. The summed E-state index contributed by atoms with van der Waals surface area (Å²) in [5, 5.41) is 2.98. The van der Waals surface area contributed by atoms with E-state index in [2.05, 4.69) is 15.3 Å². The maximum atomic E-state index is 11.7. The molecular weight excluding hydrogens is 268 g/mol. The number of aryl methyl sites for hydroxylation is 1. The molecule has 1 aromatic rings. The lowest BCUT2D eigenvalue weighted by Crippen LogP contribution is -2.37. The minimum absolute atomic E-state index is 0.0887. The molecule has 1 fully saturated rings. The number of halogens is 1. The van der Waals surface area contributed by atoms with Crippen molar-refractivity contribution >= 4 is 29.6 Å². The monoisotopic (exact) mass is 282 g/mol. The molecule has 0 spiro atoms. The number of rotatable bonds is 5. The van der Waals surface area contributed by atoms with Gasteiger partial charge in [0.2, 0.25) is 5.91 Å². The molecule has 19 heavy (non-hydrogen) atoms. The van der Waals surface area contributed by atoms with Gasteiger partial charge in [0.1, 0.15) is 16.8 Å². The summed E-state index contributed by atoms with van der Waals surface area (Å²) in [6, 6.07) is 0.308. The minimum Gasteiger partial charge on any atom is -0.352 e. The van der Waals surface area contributed by atoms with Gasteiger partial charge in [-0.05, 0) is 19.8 Å².